The average Bonchev–Trinajstić information content (AvgIpc) is 2.86. The van der Waals surface area contributed by atoms with E-state index in [1.165, 1.54) is 63.5 Å². The Balaban J connectivity index is 1.70. The Morgan fingerprint density at radius 1 is 0.941 bits per heavy atom. The van der Waals surface area contributed by atoms with Gasteiger partial charge in [-0.1, -0.05) is 12.8 Å². The quantitative estimate of drug-likeness (QED) is 0.697. The second-order valence-electron chi connectivity index (χ2n) is 6.76. The maximum Gasteiger partial charge on any atom is 0.0749 e. The van der Waals surface area contributed by atoms with E-state index in [0.717, 1.165) is 17.8 Å². The topological polar surface area (TPSA) is 9.23 Å². The van der Waals surface area contributed by atoms with Crippen LogP contribution in [0.2, 0.25) is 0 Å². The molecule has 2 unspecified atom stereocenters. The average molecular weight is 252 g/mol. The molecule has 3 saturated heterocycles. The van der Waals surface area contributed by atoms with E-state index in [1.54, 1.807) is 0 Å². The Hall–Kier alpha value is 0.310. The zero-order valence-electron chi connectivity index (χ0n) is 10.7. The van der Waals surface area contributed by atoms with E-state index in [1.807, 2.05) is 0 Å². The highest BCUT2D eigenvalue weighted by Gasteiger charge is 2.61. The van der Waals surface area contributed by atoms with Crippen molar-refractivity contribution < 1.29 is 4.74 Å². The number of hydrogen-bond acceptors (Lipinski definition) is 2. The van der Waals surface area contributed by atoms with Gasteiger partial charge in [0.1, 0.15) is 0 Å². The lowest BCUT2D eigenvalue weighted by molar-refractivity contribution is -0.215. The number of rotatable bonds is 1. The molecule has 0 aromatic carbocycles. The van der Waals surface area contributed by atoms with Crippen LogP contribution in [-0.4, -0.2) is 23.2 Å². The molecule has 5 aliphatic rings. The summed E-state index contributed by atoms with van der Waals surface area (Å²) >= 11 is 2.27. The molecule has 2 bridgehead atoms. The smallest absolute Gasteiger partial charge is 0.0749 e. The van der Waals surface area contributed by atoms with Crippen molar-refractivity contribution in [3.63, 3.8) is 0 Å². The molecule has 2 atom stereocenters. The van der Waals surface area contributed by atoms with E-state index in [-0.39, 0.29) is 0 Å². The van der Waals surface area contributed by atoms with Gasteiger partial charge in [0.25, 0.3) is 0 Å². The predicted molar refractivity (Wildman–Crippen MR) is 72.4 cm³/mol. The summed E-state index contributed by atoms with van der Waals surface area (Å²) in [6.07, 6.45) is 13.0. The monoisotopic (exact) mass is 252 g/mol. The van der Waals surface area contributed by atoms with Crippen molar-refractivity contribution in [3.8, 4) is 0 Å². The second-order valence-corrected chi connectivity index (χ2v) is 8.07. The largest absolute Gasteiger partial charge is 0.374 e. The van der Waals surface area contributed by atoms with Crippen molar-refractivity contribution >= 4 is 11.8 Å². The third kappa shape index (κ3) is 1.43. The zero-order chi connectivity index (χ0) is 11.3. The molecule has 3 aliphatic heterocycles. The Labute approximate surface area is 109 Å². The molecule has 0 radical (unpaired) electrons. The fourth-order valence-electron chi connectivity index (χ4n) is 5.24. The maximum absolute atomic E-state index is 6.50. The summed E-state index contributed by atoms with van der Waals surface area (Å²) in [4.78, 5) is 0. The molecule has 0 aromatic rings. The summed E-state index contributed by atoms with van der Waals surface area (Å²) in [6, 6.07) is 0. The SMILES string of the molecule is C1CCC2(C34CCC(CC3)CO4)CCSC2C1. The minimum Gasteiger partial charge on any atom is -0.374 e. The fraction of sp³-hybridized carbons (Fsp3) is 1.00. The molecule has 96 valence electrons. The first-order valence-corrected chi connectivity index (χ1v) is 8.65. The van der Waals surface area contributed by atoms with E-state index in [0.29, 0.717) is 11.0 Å². The number of hydrogen-bond donors (Lipinski definition) is 0. The van der Waals surface area contributed by atoms with Gasteiger partial charge in [0, 0.05) is 10.7 Å². The molecule has 2 saturated carbocycles. The van der Waals surface area contributed by atoms with E-state index in [4.69, 9.17) is 4.74 Å². The molecule has 1 nitrogen and oxygen atoms in total. The third-order valence-corrected chi connectivity index (χ3v) is 7.77. The van der Waals surface area contributed by atoms with Crippen molar-refractivity contribution in [2.45, 2.75) is 68.6 Å². The lowest BCUT2D eigenvalue weighted by Gasteiger charge is -2.59. The summed E-state index contributed by atoms with van der Waals surface area (Å²) in [5.74, 6) is 2.31. The fourth-order valence-corrected chi connectivity index (χ4v) is 7.11. The number of ether oxygens (including phenoxy) is 1. The number of thioether (sulfide) groups is 1. The van der Waals surface area contributed by atoms with Gasteiger partial charge in [-0.25, -0.2) is 0 Å². The molecule has 2 aliphatic carbocycles. The summed E-state index contributed by atoms with van der Waals surface area (Å²) in [5, 5.41) is 0.936. The highest BCUT2D eigenvalue weighted by Crippen LogP contribution is 2.63. The first-order valence-electron chi connectivity index (χ1n) is 7.60. The van der Waals surface area contributed by atoms with Crippen LogP contribution >= 0.6 is 11.8 Å². The van der Waals surface area contributed by atoms with Gasteiger partial charge in [0.15, 0.2) is 0 Å². The Bertz CT molecular complexity index is 294. The highest BCUT2D eigenvalue weighted by atomic mass is 32.2. The zero-order valence-corrected chi connectivity index (χ0v) is 11.6. The van der Waals surface area contributed by atoms with Gasteiger partial charge in [-0.05, 0) is 56.6 Å². The molecule has 0 spiro atoms. The molecule has 0 aromatic heterocycles. The van der Waals surface area contributed by atoms with E-state index >= 15 is 0 Å². The maximum atomic E-state index is 6.50. The normalized spacial score (nSPS) is 53.6. The van der Waals surface area contributed by atoms with Crippen LogP contribution in [0.5, 0.6) is 0 Å². The van der Waals surface area contributed by atoms with E-state index < -0.39 is 0 Å². The minimum absolute atomic E-state index is 0.316. The van der Waals surface area contributed by atoms with Crippen LogP contribution in [0.15, 0.2) is 0 Å². The number of fused-ring (bicyclic) bond motifs is 4. The van der Waals surface area contributed by atoms with Crippen LogP contribution in [-0.2, 0) is 4.74 Å². The van der Waals surface area contributed by atoms with Crippen molar-refractivity contribution in [3.05, 3.63) is 0 Å². The van der Waals surface area contributed by atoms with Gasteiger partial charge in [-0.15, -0.1) is 0 Å². The van der Waals surface area contributed by atoms with Crippen molar-refractivity contribution in [2.75, 3.05) is 12.4 Å². The first kappa shape index (κ1) is 11.2. The van der Waals surface area contributed by atoms with Gasteiger partial charge < -0.3 is 4.74 Å². The van der Waals surface area contributed by atoms with Crippen LogP contribution in [0.4, 0.5) is 0 Å². The highest BCUT2D eigenvalue weighted by molar-refractivity contribution is 8.00. The Morgan fingerprint density at radius 2 is 1.82 bits per heavy atom. The molecule has 5 fully saturated rings. The van der Waals surface area contributed by atoms with Crippen LogP contribution < -0.4 is 0 Å². The molecular formula is C15H24OS. The minimum atomic E-state index is 0.316. The molecule has 0 N–H and O–H groups in total. The van der Waals surface area contributed by atoms with Crippen LogP contribution in [0.1, 0.15) is 57.8 Å². The van der Waals surface area contributed by atoms with Crippen molar-refractivity contribution in [2.24, 2.45) is 11.3 Å². The summed E-state index contributed by atoms with van der Waals surface area (Å²) in [5.41, 5.74) is 0.900. The van der Waals surface area contributed by atoms with E-state index in [9.17, 15) is 0 Å². The van der Waals surface area contributed by atoms with Crippen LogP contribution in [0.25, 0.3) is 0 Å². The summed E-state index contributed by atoms with van der Waals surface area (Å²) in [6.45, 7) is 1.08. The van der Waals surface area contributed by atoms with Gasteiger partial charge in [0.2, 0.25) is 0 Å². The summed E-state index contributed by atoms with van der Waals surface area (Å²) < 4.78 is 6.50. The Morgan fingerprint density at radius 3 is 2.59 bits per heavy atom. The molecular weight excluding hydrogens is 228 g/mol. The lowest BCUT2D eigenvalue weighted by atomic mass is 9.55. The van der Waals surface area contributed by atoms with Gasteiger partial charge in [0.05, 0.1) is 12.2 Å². The van der Waals surface area contributed by atoms with Crippen molar-refractivity contribution in [1.82, 2.24) is 0 Å². The van der Waals surface area contributed by atoms with Crippen LogP contribution in [0.3, 0.4) is 0 Å². The molecule has 17 heavy (non-hydrogen) atoms. The van der Waals surface area contributed by atoms with Crippen molar-refractivity contribution in [1.29, 1.82) is 0 Å². The lowest BCUT2D eigenvalue weighted by Crippen LogP contribution is -2.60. The standard InChI is InChI=1S/C15H24OS/c1-2-6-14(9-10-17-13(14)3-1)15-7-4-12(5-8-15)11-16-15/h12-13H,1-11H2. The van der Waals surface area contributed by atoms with Crippen LogP contribution in [0, 0.1) is 11.3 Å². The van der Waals surface area contributed by atoms with Gasteiger partial charge >= 0.3 is 0 Å². The first-order chi connectivity index (χ1) is 8.35. The predicted octanol–water partition coefficient (Wildman–Crippen LogP) is 4.01. The Kier molecular flexibility index (Phi) is 2.56. The van der Waals surface area contributed by atoms with Gasteiger partial charge in [-0.2, -0.15) is 11.8 Å². The van der Waals surface area contributed by atoms with E-state index in [2.05, 4.69) is 11.8 Å². The molecule has 3 heterocycles. The van der Waals surface area contributed by atoms with Gasteiger partial charge in [-0.3, -0.25) is 0 Å². The third-order valence-electron chi connectivity index (χ3n) is 6.24. The molecule has 2 heteroatoms. The molecule has 0 amide bonds. The summed E-state index contributed by atoms with van der Waals surface area (Å²) in [7, 11) is 0. The second kappa shape index (κ2) is 3.90. The molecule has 5 rings (SSSR count).